The Bertz CT molecular complexity index is 1150. The number of pyridine rings is 2. The lowest BCUT2D eigenvalue weighted by Crippen LogP contribution is -2.34. The van der Waals surface area contributed by atoms with Crippen molar-refractivity contribution in [3.63, 3.8) is 0 Å². The lowest BCUT2D eigenvalue weighted by Gasteiger charge is -2.32. The van der Waals surface area contributed by atoms with Crippen molar-refractivity contribution in [3.05, 3.63) is 82.8 Å². The molecule has 0 atom stereocenters. The van der Waals surface area contributed by atoms with Crippen molar-refractivity contribution in [1.82, 2.24) is 14.9 Å². The number of benzene rings is 1. The predicted molar refractivity (Wildman–Crippen MR) is 156 cm³/mol. The molecule has 198 valence electrons. The second-order valence-corrected chi connectivity index (χ2v) is 8.86. The molecule has 37 heavy (non-hydrogen) atoms. The number of likely N-dealkylation sites (tertiary alicyclic amines) is 1. The van der Waals surface area contributed by atoms with Crippen LogP contribution in [0.3, 0.4) is 0 Å². The number of nitrogen functional groups attached to an aromatic ring is 1. The summed E-state index contributed by atoms with van der Waals surface area (Å²) >= 11 is 0. The van der Waals surface area contributed by atoms with Crippen molar-refractivity contribution >= 4 is 17.8 Å². The number of anilines is 1. The Morgan fingerprint density at radius 3 is 2.22 bits per heavy atom. The molecule has 0 saturated carbocycles. The van der Waals surface area contributed by atoms with E-state index in [0.29, 0.717) is 17.3 Å². The molecule has 0 spiro atoms. The van der Waals surface area contributed by atoms with E-state index < -0.39 is 0 Å². The first-order valence-electron chi connectivity index (χ1n) is 13.4. The average molecular weight is 502 g/mol. The molecular formula is C31H43N5O. The molecule has 1 saturated heterocycles. The summed E-state index contributed by atoms with van der Waals surface area (Å²) in [6.07, 6.45) is 8.13. The number of hydrogen-bond donors (Lipinski definition) is 2. The fourth-order valence-electron chi connectivity index (χ4n) is 4.57. The lowest BCUT2D eigenvalue weighted by atomic mass is 9.88. The maximum absolute atomic E-state index is 11.3. The normalized spacial score (nSPS) is 14.2. The van der Waals surface area contributed by atoms with E-state index in [9.17, 15) is 4.79 Å². The van der Waals surface area contributed by atoms with Gasteiger partial charge in [-0.1, -0.05) is 51.5 Å². The third-order valence-corrected chi connectivity index (χ3v) is 6.40. The standard InChI is InChI=1S/C27H31N5O.2C2H6/c1-18(15-25-19(2)30-12-9-24(25)23-7-8-26(28)31-16-23)17-32-13-10-21(11-14-32)20-3-5-22(6-4-20)27(29)33;2*1-2/h3-9,12,15-16,21H,10-11,13-14,17H2,1-2H3,(H2,28,31)(H2,29,33);2*1-2H3/b18-15+;;. The molecule has 6 nitrogen and oxygen atoms in total. The molecule has 4 N–H and O–H groups in total. The van der Waals surface area contributed by atoms with Crippen LogP contribution in [0.5, 0.6) is 0 Å². The molecule has 1 fully saturated rings. The number of hydrogen-bond acceptors (Lipinski definition) is 5. The number of aromatic nitrogens is 2. The highest BCUT2D eigenvalue weighted by molar-refractivity contribution is 5.92. The summed E-state index contributed by atoms with van der Waals surface area (Å²) in [6.45, 7) is 15.3. The predicted octanol–water partition coefficient (Wildman–Crippen LogP) is 6.47. The van der Waals surface area contributed by atoms with Crippen LogP contribution in [0.2, 0.25) is 0 Å². The van der Waals surface area contributed by atoms with Gasteiger partial charge < -0.3 is 11.5 Å². The van der Waals surface area contributed by atoms with Crippen LogP contribution in [-0.4, -0.2) is 40.4 Å². The zero-order chi connectivity index (χ0) is 27.4. The SMILES string of the molecule is C/C(=C\c1c(-c2ccc(N)nc2)ccnc1C)CN1CCC(c2ccc(C(N)=O)cc2)CC1.CC.CC. The molecule has 3 aromatic rings. The van der Waals surface area contributed by atoms with Crippen molar-refractivity contribution in [1.29, 1.82) is 0 Å². The molecule has 0 bridgehead atoms. The van der Waals surface area contributed by atoms with Gasteiger partial charge in [0.15, 0.2) is 0 Å². The van der Waals surface area contributed by atoms with Gasteiger partial charge in [0.1, 0.15) is 5.82 Å². The monoisotopic (exact) mass is 501 g/mol. The number of rotatable bonds is 6. The largest absolute Gasteiger partial charge is 0.384 e. The van der Waals surface area contributed by atoms with Crippen molar-refractivity contribution in [2.45, 2.75) is 60.3 Å². The van der Waals surface area contributed by atoms with E-state index in [1.807, 2.05) is 89.5 Å². The van der Waals surface area contributed by atoms with Gasteiger partial charge in [0, 0.05) is 41.3 Å². The number of amides is 1. The molecule has 4 rings (SSSR count). The first-order chi connectivity index (χ1) is 17.9. The summed E-state index contributed by atoms with van der Waals surface area (Å²) in [6, 6.07) is 13.6. The zero-order valence-electron chi connectivity index (χ0n) is 23.3. The van der Waals surface area contributed by atoms with Gasteiger partial charge in [-0.3, -0.25) is 14.7 Å². The smallest absolute Gasteiger partial charge is 0.248 e. The van der Waals surface area contributed by atoms with Gasteiger partial charge in [-0.15, -0.1) is 0 Å². The first kappa shape index (κ1) is 29.7. The summed E-state index contributed by atoms with van der Waals surface area (Å²) in [5, 5.41) is 0. The van der Waals surface area contributed by atoms with Gasteiger partial charge in [-0.25, -0.2) is 4.98 Å². The fourth-order valence-corrected chi connectivity index (χ4v) is 4.57. The number of piperidine rings is 1. The highest BCUT2D eigenvalue weighted by Crippen LogP contribution is 2.30. The minimum atomic E-state index is -0.377. The average Bonchev–Trinajstić information content (AvgIpc) is 2.93. The highest BCUT2D eigenvalue weighted by Gasteiger charge is 2.21. The van der Waals surface area contributed by atoms with E-state index in [4.69, 9.17) is 11.5 Å². The van der Waals surface area contributed by atoms with Gasteiger partial charge in [0.25, 0.3) is 0 Å². The van der Waals surface area contributed by atoms with E-state index in [1.165, 1.54) is 11.1 Å². The number of aryl methyl sites for hydroxylation is 1. The van der Waals surface area contributed by atoms with Crippen molar-refractivity contribution in [2.24, 2.45) is 5.73 Å². The van der Waals surface area contributed by atoms with Crippen LogP contribution in [0.15, 0.2) is 60.4 Å². The van der Waals surface area contributed by atoms with Crippen molar-refractivity contribution in [2.75, 3.05) is 25.4 Å². The third kappa shape index (κ3) is 8.25. The quantitative estimate of drug-likeness (QED) is 0.403. The fraction of sp³-hybridized carbons (Fsp3) is 0.387. The van der Waals surface area contributed by atoms with E-state index in [1.54, 1.807) is 0 Å². The van der Waals surface area contributed by atoms with E-state index in [2.05, 4.69) is 27.9 Å². The molecule has 2 aromatic heterocycles. The number of nitrogens with zero attached hydrogens (tertiary/aromatic N) is 3. The molecule has 1 aromatic carbocycles. The molecule has 1 aliphatic rings. The lowest BCUT2D eigenvalue weighted by molar-refractivity contribution is 0.1000. The Hall–Kier alpha value is -3.51. The number of nitrogens with two attached hydrogens (primary N) is 2. The second-order valence-electron chi connectivity index (χ2n) is 8.86. The summed E-state index contributed by atoms with van der Waals surface area (Å²) < 4.78 is 0. The maximum atomic E-state index is 11.3. The van der Waals surface area contributed by atoms with E-state index in [0.717, 1.165) is 54.9 Å². The maximum Gasteiger partial charge on any atom is 0.248 e. The summed E-state index contributed by atoms with van der Waals surface area (Å²) in [4.78, 5) is 22.6. The van der Waals surface area contributed by atoms with Crippen LogP contribution in [0.4, 0.5) is 5.82 Å². The van der Waals surface area contributed by atoms with Crippen LogP contribution in [0, 0.1) is 6.92 Å². The molecule has 6 heteroatoms. The molecule has 0 unspecified atom stereocenters. The molecule has 0 radical (unpaired) electrons. The Kier molecular flexibility index (Phi) is 12.0. The summed E-state index contributed by atoms with van der Waals surface area (Å²) in [7, 11) is 0. The van der Waals surface area contributed by atoms with Gasteiger partial charge in [0.05, 0.1) is 0 Å². The molecule has 3 heterocycles. The summed E-state index contributed by atoms with van der Waals surface area (Å²) in [5.41, 5.74) is 18.6. The van der Waals surface area contributed by atoms with Crippen LogP contribution in [0.25, 0.3) is 17.2 Å². The number of carbonyl (C=O) groups excluding carboxylic acids is 1. The minimum absolute atomic E-state index is 0.377. The first-order valence-corrected chi connectivity index (χ1v) is 13.4. The van der Waals surface area contributed by atoms with Crippen LogP contribution >= 0.6 is 0 Å². The van der Waals surface area contributed by atoms with E-state index >= 15 is 0 Å². The Morgan fingerprint density at radius 1 is 1.00 bits per heavy atom. The highest BCUT2D eigenvalue weighted by atomic mass is 16.1. The van der Waals surface area contributed by atoms with Gasteiger partial charge in [0.2, 0.25) is 5.91 Å². The summed E-state index contributed by atoms with van der Waals surface area (Å²) in [5.74, 6) is 0.668. The third-order valence-electron chi connectivity index (χ3n) is 6.40. The Labute approximate surface area is 222 Å². The minimum Gasteiger partial charge on any atom is -0.384 e. The topological polar surface area (TPSA) is 98.1 Å². The second kappa shape index (κ2) is 14.9. The molecule has 1 aliphatic heterocycles. The Balaban J connectivity index is 0.00000115. The number of carbonyl (C=O) groups is 1. The van der Waals surface area contributed by atoms with Crippen LogP contribution < -0.4 is 11.5 Å². The van der Waals surface area contributed by atoms with Crippen LogP contribution in [-0.2, 0) is 0 Å². The van der Waals surface area contributed by atoms with Crippen molar-refractivity contribution in [3.8, 4) is 11.1 Å². The van der Waals surface area contributed by atoms with E-state index in [-0.39, 0.29) is 5.91 Å². The van der Waals surface area contributed by atoms with Gasteiger partial charge >= 0.3 is 0 Å². The number of primary amides is 1. The Morgan fingerprint density at radius 2 is 1.65 bits per heavy atom. The molecular weight excluding hydrogens is 458 g/mol. The molecule has 0 aliphatic carbocycles. The van der Waals surface area contributed by atoms with Crippen molar-refractivity contribution < 1.29 is 4.79 Å². The van der Waals surface area contributed by atoms with Crippen LogP contribution in [0.1, 0.15) is 80.6 Å². The molecule has 1 amide bonds. The zero-order valence-corrected chi connectivity index (χ0v) is 23.3. The van der Waals surface area contributed by atoms with Gasteiger partial charge in [-0.05, 0) is 87.2 Å². The van der Waals surface area contributed by atoms with Gasteiger partial charge in [-0.2, -0.15) is 0 Å².